The van der Waals surface area contributed by atoms with Crippen LogP contribution in [0.25, 0.3) is 0 Å². The summed E-state index contributed by atoms with van der Waals surface area (Å²) < 4.78 is 26.9. The Morgan fingerprint density at radius 2 is 1.81 bits per heavy atom. The lowest BCUT2D eigenvalue weighted by Gasteiger charge is -2.09. The average molecular weight is 327 g/mol. The lowest BCUT2D eigenvalue weighted by Crippen LogP contribution is -2.13. The maximum atomic E-state index is 12.2. The molecule has 0 aliphatic carbocycles. The summed E-state index contributed by atoms with van der Waals surface area (Å²) in [5, 5.41) is 9.15. The minimum Gasteiger partial charge on any atom is -0.397 e. The number of rotatable bonds is 5. The molecule has 0 unspecified atom stereocenters. The molecule has 21 heavy (non-hydrogen) atoms. The van der Waals surface area contributed by atoms with Crippen molar-refractivity contribution in [3.63, 3.8) is 0 Å². The van der Waals surface area contributed by atoms with Crippen molar-refractivity contribution >= 4 is 33.0 Å². The first-order valence-electron chi connectivity index (χ1n) is 6.20. The quantitative estimate of drug-likeness (QED) is 0.735. The van der Waals surface area contributed by atoms with Crippen molar-refractivity contribution in [2.75, 3.05) is 17.1 Å². The van der Waals surface area contributed by atoms with Crippen molar-refractivity contribution in [1.29, 1.82) is 0 Å². The third kappa shape index (κ3) is 3.87. The minimum absolute atomic E-state index is 0.0452. The largest absolute Gasteiger partial charge is 0.397 e. The van der Waals surface area contributed by atoms with Gasteiger partial charge in [-0.1, -0.05) is 23.7 Å². The Balaban J connectivity index is 2.22. The summed E-state index contributed by atoms with van der Waals surface area (Å²) >= 11 is 5.78. The van der Waals surface area contributed by atoms with E-state index in [4.69, 9.17) is 22.4 Å². The van der Waals surface area contributed by atoms with Gasteiger partial charge in [-0.15, -0.1) is 0 Å². The van der Waals surface area contributed by atoms with E-state index < -0.39 is 10.0 Å². The van der Waals surface area contributed by atoms with Crippen LogP contribution in [-0.4, -0.2) is 20.1 Å². The summed E-state index contributed by atoms with van der Waals surface area (Å²) in [5.41, 5.74) is 7.18. The molecule has 0 radical (unpaired) electrons. The number of aliphatic hydroxyl groups excluding tert-OH is 1. The van der Waals surface area contributed by atoms with E-state index >= 15 is 0 Å². The van der Waals surface area contributed by atoms with Crippen LogP contribution in [-0.2, 0) is 16.4 Å². The van der Waals surface area contributed by atoms with Gasteiger partial charge in [0.15, 0.2) is 0 Å². The van der Waals surface area contributed by atoms with Gasteiger partial charge in [0.05, 0.1) is 15.6 Å². The second kappa shape index (κ2) is 6.34. The highest BCUT2D eigenvalue weighted by Gasteiger charge is 2.15. The Morgan fingerprint density at radius 1 is 1.14 bits per heavy atom. The smallest absolute Gasteiger partial charge is 0.261 e. The maximum Gasteiger partial charge on any atom is 0.261 e. The Labute approximate surface area is 128 Å². The van der Waals surface area contributed by atoms with E-state index in [1.807, 2.05) is 0 Å². The van der Waals surface area contributed by atoms with E-state index in [2.05, 4.69) is 4.72 Å². The number of anilines is 2. The molecular formula is C14H15ClN2O3S. The first kappa shape index (κ1) is 15.6. The highest BCUT2D eigenvalue weighted by molar-refractivity contribution is 7.92. The number of aliphatic hydroxyl groups is 1. The molecule has 0 amide bonds. The van der Waals surface area contributed by atoms with E-state index in [-0.39, 0.29) is 17.2 Å². The lowest BCUT2D eigenvalue weighted by atomic mass is 10.1. The van der Waals surface area contributed by atoms with Gasteiger partial charge in [-0.05, 0) is 42.3 Å². The monoisotopic (exact) mass is 326 g/mol. The molecule has 0 bridgehead atoms. The van der Waals surface area contributed by atoms with E-state index in [0.717, 1.165) is 5.56 Å². The fourth-order valence-corrected chi connectivity index (χ4v) is 2.98. The molecule has 0 aliphatic heterocycles. The van der Waals surface area contributed by atoms with Crippen LogP contribution >= 0.6 is 11.6 Å². The number of halogens is 1. The Morgan fingerprint density at radius 3 is 2.38 bits per heavy atom. The van der Waals surface area contributed by atoms with Gasteiger partial charge in [-0.25, -0.2) is 8.42 Å². The molecule has 0 heterocycles. The van der Waals surface area contributed by atoms with Crippen molar-refractivity contribution in [3.8, 4) is 0 Å². The zero-order valence-corrected chi connectivity index (χ0v) is 12.7. The van der Waals surface area contributed by atoms with Gasteiger partial charge in [-0.3, -0.25) is 4.72 Å². The van der Waals surface area contributed by atoms with Crippen molar-refractivity contribution in [2.45, 2.75) is 11.3 Å². The van der Waals surface area contributed by atoms with Crippen LogP contribution in [0.4, 0.5) is 11.4 Å². The van der Waals surface area contributed by atoms with E-state index in [1.165, 1.54) is 18.2 Å². The number of sulfonamides is 1. The molecule has 4 N–H and O–H groups in total. The van der Waals surface area contributed by atoms with Gasteiger partial charge in [0.1, 0.15) is 0 Å². The average Bonchev–Trinajstić information content (AvgIpc) is 2.44. The highest BCUT2D eigenvalue weighted by Crippen LogP contribution is 2.24. The second-order valence-electron chi connectivity index (χ2n) is 4.46. The van der Waals surface area contributed by atoms with Gasteiger partial charge >= 0.3 is 0 Å². The van der Waals surface area contributed by atoms with Gasteiger partial charge in [-0.2, -0.15) is 0 Å². The molecule has 0 atom stereocenters. The maximum absolute atomic E-state index is 12.2. The van der Waals surface area contributed by atoms with Gasteiger partial charge in [0.25, 0.3) is 10.0 Å². The van der Waals surface area contributed by atoms with Gasteiger partial charge in [0.2, 0.25) is 0 Å². The van der Waals surface area contributed by atoms with Crippen LogP contribution in [0.5, 0.6) is 0 Å². The summed E-state index contributed by atoms with van der Waals surface area (Å²) in [4.78, 5) is 0.0452. The highest BCUT2D eigenvalue weighted by atomic mass is 35.5. The summed E-state index contributed by atoms with van der Waals surface area (Å²) in [6.45, 7) is 0.0507. The number of hydrogen-bond donors (Lipinski definition) is 3. The third-order valence-electron chi connectivity index (χ3n) is 2.88. The van der Waals surface area contributed by atoms with Crippen LogP contribution in [0.15, 0.2) is 47.4 Å². The topological polar surface area (TPSA) is 92.4 Å². The molecule has 0 fully saturated rings. The Kier molecular flexibility index (Phi) is 4.72. The zero-order valence-electron chi connectivity index (χ0n) is 11.1. The summed E-state index contributed by atoms with van der Waals surface area (Å²) in [7, 11) is -3.72. The van der Waals surface area contributed by atoms with Crippen LogP contribution in [0.3, 0.4) is 0 Å². The standard InChI is InChI=1S/C14H15ClN2O3S/c15-13-6-5-12(9-14(13)16)21(19,20)17-11-3-1-10(2-4-11)7-8-18/h1-6,9,17-18H,7-8,16H2. The zero-order chi connectivity index (χ0) is 15.5. The number of nitrogen functional groups attached to an aromatic ring is 1. The Bertz CT molecular complexity index is 730. The molecule has 112 valence electrons. The normalized spacial score (nSPS) is 11.3. The summed E-state index contributed by atoms with van der Waals surface area (Å²) in [6.07, 6.45) is 0.529. The van der Waals surface area contributed by atoms with E-state index in [9.17, 15) is 8.42 Å². The molecule has 5 nitrogen and oxygen atoms in total. The molecule has 2 aromatic carbocycles. The molecule has 2 rings (SSSR count). The van der Waals surface area contributed by atoms with Crippen molar-refractivity contribution in [1.82, 2.24) is 0 Å². The molecule has 7 heteroatoms. The van der Waals surface area contributed by atoms with Crippen LogP contribution in [0.1, 0.15) is 5.56 Å². The molecule has 2 aromatic rings. The molecule has 0 aromatic heterocycles. The minimum atomic E-state index is -3.72. The van der Waals surface area contributed by atoms with E-state index in [0.29, 0.717) is 17.1 Å². The van der Waals surface area contributed by atoms with Crippen molar-refractivity contribution in [3.05, 3.63) is 53.1 Å². The first-order chi connectivity index (χ1) is 9.92. The molecule has 0 saturated heterocycles. The third-order valence-corrected chi connectivity index (χ3v) is 4.61. The number of benzene rings is 2. The molecule has 0 aliphatic rings. The second-order valence-corrected chi connectivity index (χ2v) is 6.55. The van der Waals surface area contributed by atoms with E-state index in [1.54, 1.807) is 24.3 Å². The summed E-state index contributed by atoms with van der Waals surface area (Å²) in [5.74, 6) is 0. The van der Waals surface area contributed by atoms with Crippen LogP contribution in [0, 0.1) is 0 Å². The van der Waals surface area contributed by atoms with Crippen molar-refractivity contribution in [2.24, 2.45) is 0 Å². The number of nitrogens with one attached hydrogen (secondary N) is 1. The SMILES string of the molecule is Nc1cc(S(=O)(=O)Nc2ccc(CCO)cc2)ccc1Cl. The summed E-state index contributed by atoms with van der Waals surface area (Å²) in [6, 6.07) is 10.9. The molecule has 0 saturated carbocycles. The predicted octanol–water partition coefficient (Wildman–Crippen LogP) is 2.26. The predicted molar refractivity (Wildman–Crippen MR) is 83.9 cm³/mol. The fourth-order valence-electron chi connectivity index (χ4n) is 1.77. The molecular weight excluding hydrogens is 312 g/mol. The van der Waals surface area contributed by atoms with Gasteiger partial charge < -0.3 is 10.8 Å². The van der Waals surface area contributed by atoms with Gasteiger partial charge in [0, 0.05) is 12.3 Å². The fraction of sp³-hybridized carbons (Fsp3) is 0.143. The first-order valence-corrected chi connectivity index (χ1v) is 8.06. The number of hydrogen-bond acceptors (Lipinski definition) is 4. The Hall–Kier alpha value is -1.76. The van der Waals surface area contributed by atoms with Crippen molar-refractivity contribution < 1.29 is 13.5 Å². The molecule has 0 spiro atoms. The van der Waals surface area contributed by atoms with Crippen LogP contribution < -0.4 is 10.5 Å². The van der Waals surface area contributed by atoms with Crippen LogP contribution in [0.2, 0.25) is 5.02 Å². The lowest BCUT2D eigenvalue weighted by molar-refractivity contribution is 0.299. The number of nitrogens with two attached hydrogens (primary N) is 1.